The molecule has 0 saturated carbocycles. The Morgan fingerprint density at radius 3 is 2.46 bits per heavy atom. The topological polar surface area (TPSA) is 72.8 Å². The van der Waals surface area contributed by atoms with E-state index in [1.807, 2.05) is 31.2 Å². The van der Waals surface area contributed by atoms with Gasteiger partial charge in [0.1, 0.15) is 17.2 Å². The van der Waals surface area contributed by atoms with E-state index in [0.717, 1.165) is 11.1 Å². The van der Waals surface area contributed by atoms with Crippen molar-refractivity contribution in [2.24, 2.45) is 0 Å². The number of rotatable bonds is 7. The lowest BCUT2D eigenvalue weighted by Crippen LogP contribution is -2.44. The number of hydrogen-bond acceptors (Lipinski definition) is 5. The number of fused-ring (bicyclic) bond motifs is 1. The second-order valence-electron chi connectivity index (χ2n) is 11.6. The van der Waals surface area contributed by atoms with Crippen molar-refractivity contribution in [3.05, 3.63) is 101 Å². The van der Waals surface area contributed by atoms with Crippen LogP contribution in [0.3, 0.4) is 0 Å². The van der Waals surface area contributed by atoms with Crippen molar-refractivity contribution in [1.29, 1.82) is 0 Å². The van der Waals surface area contributed by atoms with Crippen molar-refractivity contribution in [3.63, 3.8) is 0 Å². The van der Waals surface area contributed by atoms with E-state index < -0.39 is 14.1 Å². The third kappa shape index (κ3) is 5.34. The number of aryl methyl sites for hydroxylation is 1. The lowest BCUT2D eigenvalue weighted by Gasteiger charge is -2.36. The molecule has 3 heterocycles. The Balaban J connectivity index is 1.64. The van der Waals surface area contributed by atoms with Gasteiger partial charge in [0.2, 0.25) is 5.88 Å². The molecule has 39 heavy (non-hydrogen) atoms. The maximum atomic E-state index is 16.0. The molecule has 0 bridgehead atoms. The highest BCUT2D eigenvalue weighted by atomic mass is 28.4. The number of nitrogens with zero attached hydrogens (tertiary/aromatic N) is 3. The van der Waals surface area contributed by atoms with Crippen LogP contribution in [0.1, 0.15) is 49.0 Å². The van der Waals surface area contributed by atoms with Crippen LogP contribution < -0.4 is 4.43 Å². The maximum absolute atomic E-state index is 16.0. The van der Waals surface area contributed by atoms with Crippen LogP contribution in [0.4, 0.5) is 4.39 Å². The lowest BCUT2D eigenvalue weighted by atomic mass is 10.1. The quantitative estimate of drug-likeness (QED) is 0.213. The third-order valence-electron chi connectivity index (χ3n) is 7.51. The summed E-state index contributed by atoms with van der Waals surface area (Å²) in [6.45, 7) is 12.6. The van der Waals surface area contributed by atoms with E-state index in [0.29, 0.717) is 46.9 Å². The second kappa shape index (κ2) is 10.0. The predicted molar refractivity (Wildman–Crippen MR) is 153 cm³/mol. The Kier molecular flexibility index (Phi) is 6.84. The largest absolute Gasteiger partial charge is 0.542 e. The molecular formula is C31H34FN3O3Si. The van der Waals surface area contributed by atoms with Gasteiger partial charge in [-0.2, -0.15) is 0 Å². The Bertz CT molecular complexity index is 1640. The Labute approximate surface area is 229 Å². The highest BCUT2D eigenvalue weighted by Gasteiger charge is 2.39. The molecule has 0 aliphatic rings. The summed E-state index contributed by atoms with van der Waals surface area (Å²) in [5.74, 6) is 0.411. The van der Waals surface area contributed by atoms with Crippen molar-refractivity contribution in [2.45, 2.75) is 58.7 Å². The number of furan rings is 1. The number of benzene rings is 2. The fourth-order valence-electron chi connectivity index (χ4n) is 4.32. The van der Waals surface area contributed by atoms with Crippen LogP contribution in [0.2, 0.25) is 18.1 Å². The molecule has 1 N–H and O–H groups in total. The summed E-state index contributed by atoms with van der Waals surface area (Å²) in [5.41, 5.74) is 4.49. The average Bonchev–Trinajstić information content (AvgIpc) is 3.48. The van der Waals surface area contributed by atoms with E-state index in [9.17, 15) is 5.11 Å². The molecule has 2 aromatic carbocycles. The SMILES string of the molecule is Cc1cccc(Cc2nc(-c3cccc(O[Si](C)(C)C(C)(C)C)c3F)cn3c(O)c(Cc4ccco4)nc23)c1. The van der Waals surface area contributed by atoms with Crippen molar-refractivity contribution in [2.75, 3.05) is 0 Å². The van der Waals surface area contributed by atoms with Crippen LogP contribution in [0.15, 0.2) is 71.5 Å². The van der Waals surface area contributed by atoms with Crippen LogP contribution in [-0.4, -0.2) is 27.8 Å². The van der Waals surface area contributed by atoms with Gasteiger partial charge >= 0.3 is 0 Å². The molecule has 0 unspecified atom stereocenters. The van der Waals surface area contributed by atoms with Gasteiger partial charge in [0.15, 0.2) is 11.5 Å². The summed E-state index contributed by atoms with van der Waals surface area (Å²) >= 11 is 0. The molecule has 5 aromatic rings. The Morgan fingerprint density at radius 2 is 1.77 bits per heavy atom. The predicted octanol–water partition coefficient (Wildman–Crippen LogP) is 7.71. The first-order valence-electron chi connectivity index (χ1n) is 13.1. The fourth-order valence-corrected chi connectivity index (χ4v) is 5.33. The number of halogens is 1. The van der Waals surface area contributed by atoms with Gasteiger partial charge < -0.3 is 13.9 Å². The van der Waals surface area contributed by atoms with Crippen molar-refractivity contribution in [1.82, 2.24) is 14.4 Å². The Hall–Kier alpha value is -3.91. The van der Waals surface area contributed by atoms with Crippen LogP contribution in [0.5, 0.6) is 11.6 Å². The molecule has 5 rings (SSSR count). The molecule has 0 spiro atoms. The third-order valence-corrected chi connectivity index (χ3v) is 11.8. The minimum Gasteiger partial charge on any atom is -0.542 e. The maximum Gasteiger partial charge on any atom is 0.250 e. The van der Waals surface area contributed by atoms with Gasteiger partial charge in [-0.25, -0.2) is 14.4 Å². The lowest BCUT2D eigenvalue weighted by molar-refractivity contribution is 0.438. The molecule has 0 fully saturated rings. The summed E-state index contributed by atoms with van der Waals surface area (Å²) in [6.07, 6.45) is 4.02. The van der Waals surface area contributed by atoms with Crippen LogP contribution in [-0.2, 0) is 12.8 Å². The van der Waals surface area contributed by atoms with E-state index in [4.69, 9.17) is 18.8 Å². The van der Waals surface area contributed by atoms with Gasteiger partial charge in [-0.3, -0.25) is 4.40 Å². The number of aromatic hydroxyl groups is 1. The van der Waals surface area contributed by atoms with Gasteiger partial charge in [0, 0.05) is 18.2 Å². The molecule has 0 aliphatic carbocycles. The fraction of sp³-hybridized carbons (Fsp3) is 0.290. The zero-order valence-corrected chi connectivity index (χ0v) is 24.2. The van der Waals surface area contributed by atoms with Gasteiger partial charge in [0.25, 0.3) is 8.32 Å². The minimum absolute atomic E-state index is 0.0235. The number of hydrogen-bond donors (Lipinski definition) is 1. The summed E-state index contributed by atoms with van der Waals surface area (Å²) in [5, 5.41) is 11.1. The van der Waals surface area contributed by atoms with Gasteiger partial charge in [-0.05, 0) is 54.9 Å². The summed E-state index contributed by atoms with van der Waals surface area (Å²) in [4.78, 5) is 9.63. The number of aromatic nitrogens is 3. The van der Waals surface area contributed by atoms with Gasteiger partial charge in [-0.15, -0.1) is 0 Å². The van der Waals surface area contributed by atoms with E-state index in [1.165, 1.54) is 0 Å². The summed E-state index contributed by atoms with van der Waals surface area (Å²) in [7, 11) is -2.27. The smallest absolute Gasteiger partial charge is 0.250 e. The van der Waals surface area contributed by atoms with E-state index in [2.05, 4.69) is 39.9 Å². The van der Waals surface area contributed by atoms with Gasteiger partial charge in [0.05, 0.1) is 24.1 Å². The zero-order chi connectivity index (χ0) is 27.9. The molecule has 3 aromatic heterocycles. The molecule has 0 saturated heterocycles. The highest BCUT2D eigenvalue weighted by Crippen LogP contribution is 2.39. The number of imidazole rings is 1. The Morgan fingerprint density at radius 1 is 1.00 bits per heavy atom. The minimum atomic E-state index is -2.27. The normalized spacial score (nSPS) is 12.3. The van der Waals surface area contributed by atoms with Crippen molar-refractivity contribution >= 4 is 14.0 Å². The van der Waals surface area contributed by atoms with E-state index in [-0.39, 0.29) is 16.7 Å². The van der Waals surface area contributed by atoms with Crippen molar-refractivity contribution < 1.29 is 18.3 Å². The van der Waals surface area contributed by atoms with Gasteiger partial charge in [-0.1, -0.05) is 56.7 Å². The molecule has 0 aliphatic heterocycles. The molecule has 8 heteroatoms. The van der Waals surface area contributed by atoms with E-state index >= 15 is 4.39 Å². The first-order chi connectivity index (χ1) is 18.4. The summed E-state index contributed by atoms with van der Waals surface area (Å²) in [6, 6.07) is 16.9. The monoisotopic (exact) mass is 543 g/mol. The van der Waals surface area contributed by atoms with Crippen LogP contribution in [0.25, 0.3) is 16.9 Å². The van der Waals surface area contributed by atoms with Crippen LogP contribution in [0, 0.1) is 12.7 Å². The summed E-state index contributed by atoms with van der Waals surface area (Å²) < 4.78 is 29.4. The van der Waals surface area contributed by atoms with E-state index in [1.54, 1.807) is 41.1 Å². The molecule has 0 amide bonds. The first-order valence-corrected chi connectivity index (χ1v) is 16.0. The standard InChI is InChI=1S/C31H34FN3O3Si/c1-20-10-7-11-21(16-20)17-24-29-34-25(18-22-12-9-15-37-22)30(36)35(29)19-26(33-24)23-13-8-14-27(28(23)32)38-39(5,6)31(2,3)4/h7-16,19,36H,17-18H2,1-6H3. The second-order valence-corrected chi connectivity index (χ2v) is 16.3. The first kappa shape index (κ1) is 26.7. The molecule has 0 atom stereocenters. The van der Waals surface area contributed by atoms with Crippen LogP contribution >= 0.6 is 0 Å². The van der Waals surface area contributed by atoms with Crippen molar-refractivity contribution in [3.8, 4) is 22.9 Å². The molecule has 0 radical (unpaired) electrons. The molecule has 202 valence electrons. The molecular weight excluding hydrogens is 509 g/mol. The highest BCUT2D eigenvalue weighted by molar-refractivity contribution is 6.74. The average molecular weight is 544 g/mol. The zero-order valence-electron chi connectivity index (χ0n) is 23.2. The molecule has 6 nitrogen and oxygen atoms in total.